The second kappa shape index (κ2) is 6.64. The van der Waals surface area contributed by atoms with Crippen LogP contribution in [0.5, 0.6) is 11.5 Å². The van der Waals surface area contributed by atoms with Crippen molar-refractivity contribution in [2.75, 3.05) is 7.11 Å². The maximum absolute atomic E-state index is 10.3. The molecule has 3 heteroatoms. The molecule has 0 fully saturated rings. The molecule has 0 saturated carbocycles. The molecule has 1 unspecified atom stereocenters. The maximum atomic E-state index is 10.3. The van der Waals surface area contributed by atoms with Crippen LogP contribution in [0.25, 0.3) is 0 Å². The van der Waals surface area contributed by atoms with Crippen LogP contribution in [0.3, 0.4) is 0 Å². The van der Waals surface area contributed by atoms with Gasteiger partial charge in [-0.1, -0.05) is 66.7 Å². The van der Waals surface area contributed by atoms with Gasteiger partial charge in [0.25, 0.3) is 0 Å². The molecular formula is C19H17O2P. The van der Waals surface area contributed by atoms with E-state index in [1.54, 1.807) is 13.2 Å². The highest BCUT2D eigenvalue weighted by molar-refractivity contribution is 7.80. The Bertz CT molecular complexity index is 756. The molecule has 0 aliphatic carbocycles. The van der Waals surface area contributed by atoms with Crippen molar-refractivity contribution in [3.8, 4) is 11.5 Å². The summed E-state index contributed by atoms with van der Waals surface area (Å²) in [5.41, 5.74) is 0. The highest BCUT2D eigenvalue weighted by Gasteiger charge is 2.22. The van der Waals surface area contributed by atoms with E-state index in [0.29, 0.717) is 5.75 Å². The number of ether oxygens (including phenoxy) is 1. The molecule has 3 aromatic rings. The largest absolute Gasteiger partial charge is 0.507 e. The first kappa shape index (κ1) is 14.6. The van der Waals surface area contributed by atoms with Crippen molar-refractivity contribution >= 4 is 23.8 Å². The zero-order chi connectivity index (χ0) is 15.4. The molecule has 0 radical (unpaired) electrons. The van der Waals surface area contributed by atoms with Gasteiger partial charge in [-0.05, 0) is 25.4 Å². The van der Waals surface area contributed by atoms with E-state index in [9.17, 15) is 5.11 Å². The Balaban J connectivity index is 2.22. The summed E-state index contributed by atoms with van der Waals surface area (Å²) in [6, 6.07) is 25.8. The first-order valence-electron chi connectivity index (χ1n) is 7.07. The minimum Gasteiger partial charge on any atom is -0.507 e. The van der Waals surface area contributed by atoms with E-state index in [1.165, 1.54) is 5.30 Å². The molecule has 0 aliphatic rings. The van der Waals surface area contributed by atoms with Gasteiger partial charge in [0.1, 0.15) is 11.5 Å². The Morgan fingerprint density at radius 3 is 2.00 bits per heavy atom. The average Bonchev–Trinajstić information content (AvgIpc) is 2.58. The van der Waals surface area contributed by atoms with Gasteiger partial charge in [-0.2, -0.15) is 0 Å². The summed E-state index contributed by atoms with van der Waals surface area (Å²) in [6.45, 7) is 0. The maximum Gasteiger partial charge on any atom is 0.127 e. The topological polar surface area (TPSA) is 29.5 Å². The van der Waals surface area contributed by atoms with Crippen LogP contribution < -0.4 is 20.7 Å². The van der Waals surface area contributed by atoms with Gasteiger partial charge >= 0.3 is 0 Å². The van der Waals surface area contributed by atoms with Gasteiger partial charge < -0.3 is 9.84 Å². The average molecular weight is 308 g/mol. The zero-order valence-corrected chi connectivity index (χ0v) is 13.2. The summed E-state index contributed by atoms with van der Waals surface area (Å²) >= 11 is 0. The van der Waals surface area contributed by atoms with Crippen LogP contribution in [0.1, 0.15) is 0 Å². The highest BCUT2D eigenvalue weighted by Crippen LogP contribution is 2.38. The third kappa shape index (κ3) is 2.84. The number of rotatable bonds is 4. The van der Waals surface area contributed by atoms with Gasteiger partial charge in [0.2, 0.25) is 0 Å². The number of methoxy groups -OCH3 is 1. The number of hydrogen-bond donors (Lipinski definition) is 1. The minimum absolute atomic E-state index is 0.323. The molecule has 2 nitrogen and oxygen atoms in total. The molecule has 3 rings (SSSR count). The van der Waals surface area contributed by atoms with Crippen molar-refractivity contribution in [1.29, 1.82) is 0 Å². The number of para-hydroxylation sites is 2. The highest BCUT2D eigenvalue weighted by atomic mass is 31.1. The number of hydrogen-bond acceptors (Lipinski definition) is 2. The fourth-order valence-electron chi connectivity index (χ4n) is 2.45. The number of phenols is 1. The molecule has 0 bridgehead atoms. The lowest BCUT2D eigenvalue weighted by molar-refractivity contribution is 0.418. The van der Waals surface area contributed by atoms with Crippen molar-refractivity contribution in [2.45, 2.75) is 0 Å². The molecule has 3 aromatic carbocycles. The normalized spacial score (nSPS) is 11.9. The molecule has 1 atom stereocenters. The minimum atomic E-state index is -0.868. The molecule has 0 heterocycles. The van der Waals surface area contributed by atoms with Crippen LogP contribution in [0, 0.1) is 0 Å². The van der Waals surface area contributed by atoms with Crippen molar-refractivity contribution in [3.05, 3.63) is 78.9 Å². The second-order valence-corrected chi connectivity index (χ2v) is 6.98. The molecule has 22 heavy (non-hydrogen) atoms. The van der Waals surface area contributed by atoms with Crippen LogP contribution >= 0.6 is 7.92 Å². The predicted octanol–water partition coefficient (Wildman–Crippen LogP) is 3.16. The van der Waals surface area contributed by atoms with E-state index in [2.05, 4.69) is 18.2 Å². The van der Waals surface area contributed by atoms with Crippen LogP contribution in [0.4, 0.5) is 0 Å². The molecule has 110 valence electrons. The summed E-state index contributed by atoms with van der Waals surface area (Å²) in [5, 5.41) is 13.6. The Morgan fingerprint density at radius 2 is 1.32 bits per heavy atom. The van der Waals surface area contributed by atoms with Crippen LogP contribution in [-0.4, -0.2) is 12.2 Å². The smallest absolute Gasteiger partial charge is 0.127 e. The Hall–Kier alpha value is -2.31. The summed E-state index contributed by atoms with van der Waals surface area (Å²) in [4.78, 5) is 0. The van der Waals surface area contributed by atoms with E-state index >= 15 is 0 Å². The van der Waals surface area contributed by atoms with E-state index < -0.39 is 7.92 Å². The lowest BCUT2D eigenvalue weighted by Crippen LogP contribution is -2.22. The number of benzene rings is 3. The SMILES string of the molecule is COc1ccccc1P(c1ccccc1)c1ccccc1O. The van der Waals surface area contributed by atoms with Crippen LogP contribution in [0.2, 0.25) is 0 Å². The number of phenolic OH excluding ortho intramolecular Hbond substituents is 1. The van der Waals surface area contributed by atoms with E-state index in [-0.39, 0.29) is 0 Å². The molecule has 0 spiro atoms. The lowest BCUT2D eigenvalue weighted by Gasteiger charge is -2.22. The summed E-state index contributed by atoms with van der Waals surface area (Å²) in [5.74, 6) is 1.17. The molecule has 0 aromatic heterocycles. The number of aromatic hydroxyl groups is 1. The van der Waals surface area contributed by atoms with Gasteiger partial charge in [0.05, 0.1) is 7.11 Å². The predicted molar refractivity (Wildman–Crippen MR) is 93.4 cm³/mol. The lowest BCUT2D eigenvalue weighted by atomic mass is 10.3. The summed E-state index contributed by atoms with van der Waals surface area (Å²) in [7, 11) is 0.814. The Labute approximate surface area is 131 Å². The third-order valence-electron chi connectivity index (χ3n) is 3.46. The van der Waals surface area contributed by atoms with E-state index in [4.69, 9.17) is 4.74 Å². The standard InChI is InChI=1S/C19H17O2P/c1-21-17-12-6-8-14-19(17)22(15-9-3-2-4-10-15)18-13-7-5-11-16(18)20/h2-14,20H,1H3. The van der Waals surface area contributed by atoms with E-state index in [1.807, 2.05) is 54.6 Å². The quantitative estimate of drug-likeness (QED) is 0.750. The monoisotopic (exact) mass is 308 g/mol. The summed E-state index contributed by atoms with van der Waals surface area (Å²) in [6.07, 6.45) is 0. The molecule has 0 saturated heterocycles. The third-order valence-corrected chi connectivity index (χ3v) is 5.99. The Morgan fingerprint density at radius 1 is 0.727 bits per heavy atom. The second-order valence-electron chi connectivity index (χ2n) is 4.83. The Kier molecular flexibility index (Phi) is 4.41. The van der Waals surface area contributed by atoms with Crippen LogP contribution in [0.15, 0.2) is 78.9 Å². The summed E-state index contributed by atoms with van der Waals surface area (Å²) < 4.78 is 5.54. The fraction of sp³-hybridized carbons (Fsp3) is 0.0526. The van der Waals surface area contributed by atoms with Gasteiger partial charge in [-0.25, -0.2) is 0 Å². The zero-order valence-electron chi connectivity index (χ0n) is 12.3. The van der Waals surface area contributed by atoms with Crippen LogP contribution in [-0.2, 0) is 0 Å². The molecule has 0 aliphatic heterocycles. The molecule has 1 N–H and O–H groups in total. The molecular weight excluding hydrogens is 291 g/mol. The molecule has 0 amide bonds. The van der Waals surface area contributed by atoms with Gasteiger partial charge in [0, 0.05) is 10.6 Å². The fourth-order valence-corrected chi connectivity index (χ4v) is 4.90. The van der Waals surface area contributed by atoms with Gasteiger partial charge in [0.15, 0.2) is 0 Å². The first-order chi connectivity index (χ1) is 10.8. The van der Waals surface area contributed by atoms with E-state index in [0.717, 1.165) is 16.4 Å². The van der Waals surface area contributed by atoms with Crippen molar-refractivity contribution < 1.29 is 9.84 Å². The van der Waals surface area contributed by atoms with Crippen molar-refractivity contribution in [1.82, 2.24) is 0 Å². The van der Waals surface area contributed by atoms with Crippen molar-refractivity contribution in [2.24, 2.45) is 0 Å². The van der Waals surface area contributed by atoms with Crippen molar-refractivity contribution in [3.63, 3.8) is 0 Å². The van der Waals surface area contributed by atoms with Gasteiger partial charge in [-0.15, -0.1) is 0 Å². The first-order valence-corrected chi connectivity index (χ1v) is 8.41. The van der Waals surface area contributed by atoms with Gasteiger partial charge in [-0.3, -0.25) is 0 Å².